The van der Waals surface area contributed by atoms with Gasteiger partial charge in [-0.05, 0) is 57.5 Å². The number of hydrogen-bond donors (Lipinski definition) is 1. The van der Waals surface area contributed by atoms with Gasteiger partial charge in [0.05, 0.1) is 16.7 Å². The van der Waals surface area contributed by atoms with E-state index in [0.29, 0.717) is 11.1 Å². The van der Waals surface area contributed by atoms with Gasteiger partial charge in [0, 0.05) is 6.04 Å². The van der Waals surface area contributed by atoms with E-state index in [4.69, 9.17) is 0 Å². The average molecular weight is 324 g/mol. The van der Waals surface area contributed by atoms with Crippen LogP contribution in [-0.4, -0.2) is 29.9 Å². The number of nitrogens with zero attached hydrogens (tertiary/aromatic N) is 2. The van der Waals surface area contributed by atoms with Gasteiger partial charge in [-0.15, -0.1) is 12.4 Å². The molecule has 0 atom stereocenters. The number of benzene rings is 1. The van der Waals surface area contributed by atoms with Crippen molar-refractivity contribution in [2.24, 2.45) is 0 Å². The second-order valence-electron chi connectivity index (χ2n) is 6.20. The van der Waals surface area contributed by atoms with Crippen molar-refractivity contribution in [1.82, 2.24) is 10.2 Å². The number of carbonyl (C=O) groups excluding carboxylic acids is 1. The number of halogens is 2. The number of amides is 1. The quantitative estimate of drug-likeness (QED) is 0.864. The number of nitrogens with one attached hydrogen (secondary N) is 1. The van der Waals surface area contributed by atoms with E-state index in [2.05, 4.69) is 5.32 Å². The van der Waals surface area contributed by atoms with Crippen LogP contribution in [0.5, 0.6) is 0 Å². The summed E-state index contributed by atoms with van der Waals surface area (Å²) in [6.07, 6.45) is 1.76. The van der Waals surface area contributed by atoms with Gasteiger partial charge in [0.15, 0.2) is 0 Å². The maximum atomic E-state index is 13.8. The molecule has 22 heavy (non-hydrogen) atoms. The van der Waals surface area contributed by atoms with Crippen molar-refractivity contribution in [3.05, 3.63) is 34.6 Å². The van der Waals surface area contributed by atoms with E-state index in [1.165, 1.54) is 6.07 Å². The van der Waals surface area contributed by atoms with Crippen LogP contribution >= 0.6 is 12.4 Å². The summed E-state index contributed by atoms with van der Waals surface area (Å²) in [5.41, 5.74) is 0.562. The first-order valence-corrected chi connectivity index (χ1v) is 7.25. The van der Waals surface area contributed by atoms with Gasteiger partial charge < -0.3 is 10.2 Å². The summed E-state index contributed by atoms with van der Waals surface area (Å²) < 4.78 is 13.8. The molecule has 0 radical (unpaired) electrons. The Morgan fingerprint density at radius 2 is 2.00 bits per heavy atom. The van der Waals surface area contributed by atoms with Gasteiger partial charge in [-0.2, -0.15) is 5.26 Å². The first kappa shape index (κ1) is 16.7. The Morgan fingerprint density at radius 3 is 2.59 bits per heavy atom. The summed E-state index contributed by atoms with van der Waals surface area (Å²) in [5.74, 6) is -0.600. The lowest BCUT2D eigenvalue weighted by Crippen LogP contribution is -2.50. The molecule has 2 aliphatic heterocycles. The first-order chi connectivity index (χ1) is 9.96. The zero-order valence-corrected chi connectivity index (χ0v) is 13.5. The van der Waals surface area contributed by atoms with E-state index in [-0.39, 0.29) is 29.9 Å². The summed E-state index contributed by atoms with van der Waals surface area (Å²) in [5, 5.41) is 12.5. The third-order valence-electron chi connectivity index (χ3n) is 4.59. The van der Waals surface area contributed by atoms with Gasteiger partial charge in [0.1, 0.15) is 11.9 Å². The van der Waals surface area contributed by atoms with Crippen LogP contribution in [0.3, 0.4) is 0 Å². The third kappa shape index (κ3) is 2.37. The zero-order valence-electron chi connectivity index (χ0n) is 12.6. The molecule has 0 bridgehead atoms. The van der Waals surface area contributed by atoms with Crippen molar-refractivity contribution in [2.75, 3.05) is 13.1 Å². The molecule has 1 aromatic rings. The Kier molecular flexibility index (Phi) is 4.46. The average Bonchev–Trinajstić information content (AvgIpc) is 2.66. The number of carbonyl (C=O) groups is 1. The maximum Gasteiger partial charge on any atom is 0.256 e. The zero-order chi connectivity index (χ0) is 15.2. The lowest BCUT2D eigenvalue weighted by atomic mass is 9.90. The van der Waals surface area contributed by atoms with Crippen LogP contribution in [0.2, 0.25) is 0 Å². The smallest absolute Gasteiger partial charge is 0.256 e. The monoisotopic (exact) mass is 323 g/mol. The second kappa shape index (κ2) is 5.86. The lowest BCUT2D eigenvalue weighted by Gasteiger charge is -2.41. The van der Waals surface area contributed by atoms with Crippen LogP contribution < -0.4 is 5.32 Å². The van der Waals surface area contributed by atoms with Crippen molar-refractivity contribution >= 4 is 18.3 Å². The molecule has 0 saturated carbocycles. The Hall–Kier alpha value is -1.64. The Labute approximate surface area is 135 Å². The number of nitriles is 1. The third-order valence-corrected chi connectivity index (χ3v) is 4.59. The SMILES string of the molecule is CC1(C)c2cc(F)cc(C#N)c2C(=O)N1C1CCNCC1.Cl. The number of piperidine rings is 1. The molecule has 0 spiro atoms. The molecule has 118 valence electrons. The van der Waals surface area contributed by atoms with Crippen LogP contribution in [0.4, 0.5) is 4.39 Å². The fourth-order valence-corrected chi connectivity index (χ4v) is 3.60. The Balaban J connectivity index is 0.00000176. The normalized spacial score (nSPS) is 20.3. The molecule has 3 rings (SSSR count). The second-order valence-corrected chi connectivity index (χ2v) is 6.20. The van der Waals surface area contributed by atoms with Crippen molar-refractivity contribution in [3.8, 4) is 6.07 Å². The van der Waals surface area contributed by atoms with E-state index in [0.717, 1.165) is 32.0 Å². The van der Waals surface area contributed by atoms with E-state index < -0.39 is 11.4 Å². The van der Waals surface area contributed by atoms with Crippen LogP contribution in [-0.2, 0) is 5.54 Å². The van der Waals surface area contributed by atoms with Gasteiger partial charge in [0.2, 0.25) is 0 Å². The van der Waals surface area contributed by atoms with Gasteiger partial charge >= 0.3 is 0 Å². The molecule has 2 heterocycles. The molecule has 1 fully saturated rings. The molecular formula is C16H19ClFN3O. The van der Waals surface area contributed by atoms with Gasteiger partial charge in [-0.25, -0.2) is 4.39 Å². The van der Waals surface area contributed by atoms with E-state index in [1.54, 1.807) is 0 Å². The van der Waals surface area contributed by atoms with Crippen molar-refractivity contribution in [1.29, 1.82) is 5.26 Å². The molecule has 0 aliphatic carbocycles. The first-order valence-electron chi connectivity index (χ1n) is 7.25. The van der Waals surface area contributed by atoms with Crippen LogP contribution in [0.15, 0.2) is 12.1 Å². The molecule has 4 nitrogen and oxygen atoms in total. The van der Waals surface area contributed by atoms with E-state index in [1.807, 2.05) is 24.8 Å². The van der Waals surface area contributed by atoms with Crippen molar-refractivity contribution in [3.63, 3.8) is 0 Å². The number of fused-ring (bicyclic) bond motifs is 1. The highest BCUT2D eigenvalue weighted by molar-refractivity contribution is 6.02. The molecular weight excluding hydrogens is 305 g/mol. The van der Waals surface area contributed by atoms with Crippen molar-refractivity contribution < 1.29 is 9.18 Å². The molecule has 6 heteroatoms. The summed E-state index contributed by atoms with van der Waals surface area (Å²) in [4.78, 5) is 14.7. The highest BCUT2D eigenvalue weighted by Crippen LogP contribution is 2.43. The molecule has 1 saturated heterocycles. The minimum atomic E-state index is -0.581. The largest absolute Gasteiger partial charge is 0.326 e. The van der Waals surface area contributed by atoms with E-state index in [9.17, 15) is 14.4 Å². The van der Waals surface area contributed by atoms with E-state index >= 15 is 0 Å². The predicted octanol–water partition coefficient (Wildman–Crippen LogP) is 2.56. The Morgan fingerprint density at radius 1 is 1.36 bits per heavy atom. The molecule has 2 aliphatic rings. The summed E-state index contributed by atoms with van der Waals surface area (Å²) in [7, 11) is 0. The van der Waals surface area contributed by atoms with Gasteiger partial charge in [-0.1, -0.05) is 0 Å². The number of hydrogen-bond acceptors (Lipinski definition) is 3. The summed E-state index contributed by atoms with van der Waals surface area (Å²) in [6.45, 7) is 5.61. The van der Waals surface area contributed by atoms with Gasteiger partial charge in [-0.3, -0.25) is 4.79 Å². The Bertz CT molecular complexity index is 648. The summed E-state index contributed by atoms with van der Waals surface area (Å²) in [6, 6.07) is 4.64. The molecule has 1 aromatic carbocycles. The number of rotatable bonds is 1. The standard InChI is InChI=1S/C16H18FN3O.ClH/c1-16(2)13-8-11(17)7-10(9-18)14(13)15(21)20(16)12-3-5-19-6-4-12;/h7-8,12,19H,3-6H2,1-2H3;1H. The van der Waals surface area contributed by atoms with Crippen LogP contribution in [0.25, 0.3) is 0 Å². The van der Waals surface area contributed by atoms with Crippen molar-refractivity contribution in [2.45, 2.75) is 38.3 Å². The fourth-order valence-electron chi connectivity index (χ4n) is 3.60. The van der Waals surface area contributed by atoms with Crippen LogP contribution in [0, 0.1) is 17.1 Å². The molecule has 0 aromatic heterocycles. The van der Waals surface area contributed by atoms with Gasteiger partial charge in [0.25, 0.3) is 5.91 Å². The lowest BCUT2D eigenvalue weighted by molar-refractivity contribution is 0.0412. The molecule has 1 N–H and O–H groups in total. The minimum Gasteiger partial charge on any atom is -0.326 e. The molecule has 1 amide bonds. The predicted molar refractivity (Wildman–Crippen MR) is 83.5 cm³/mol. The highest BCUT2D eigenvalue weighted by Gasteiger charge is 2.47. The summed E-state index contributed by atoms with van der Waals surface area (Å²) >= 11 is 0. The maximum absolute atomic E-state index is 13.8. The van der Waals surface area contributed by atoms with Crippen LogP contribution in [0.1, 0.15) is 48.2 Å². The minimum absolute atomic E-state index is 0. The topological polar surface area (TPSA) is 56.1 Å². The fraction of sp³-hybridized carbons (Fsp3) is 0.500. The molecule has 0 unspecified atom stereocenters. The highest BCUT2D eigenvalue weighted by atomic mass is 35.5.